The average molecular weight is 617 g/mol. The minimum Gasteiger partial charge on any atom is -0.506 e. The van der Waals surface area contributed by atoms with Gasteiger partial charge in [0.25, 0.3) is 5.91 Å². The molecule has 2 N–H and O–H groups in total. The quantitative estimate of drug-likeness (QED) is 0.235. The highest BCUT2D eigenvalue weighted by Gasteiger charge is 2.45. The number of Topliss-reactive ketones (excluding diaryl/α,β-unsaturated/α-hetero) is 1. The zero-order valence-electron chi connectivity index (χ0n) is 26.6. The van der Waals surface area contributed by atoms with Gasteiger partial charge >= 0.3 is 0 Å². The van der Waals surface area contributed by atoms with E-state index in [2.05, 4.69) is 29.2 Å². The Hall–Kier alpha value is -4.98. The van der Waals surface area contributed by atoms with Crippen molar-refractivity contribution in [1.29, 1.82) is 0 Å². The van der Waals surface area contributed by atoms with Gasteiger partial charge in [-0.3, -0.25) is 14.4 Å². The standard InChI is InChI=1S/C38H40N4O4/c1-4-41(5-2)28-20-21-29(30(23-28)39-31(43)22-25-14-12-13-15-25)33-36(44)34(37(33)45)32-24(3)40-42(38(32)46)35(26-16-8-6-9-17-26)27-18-10-7-11-19-27/h6-11,16-21,23,25,35,44H,4-5,12-15,22H2,1-3H3,(H,39,43)/b34-32-. The Morgan fingerprint density at radius 2 is 1.52 bits per heavy atom. The molecule has 2 amide bonds. The number of nitrogens with zero attached hydrogens (tertiary/aromatic N) is 3. The molecule has 0 bridgehead atoms. The number of carbonyl (C=O) groups is 3. The van der Waals surface area contributed by atoms with Crippen LogP contribution in [-0.4, -0.2) is 46.5 Å². The number of anilines is 2. The molecule has 0 saturated heterocycles. The molecule has 1 saturated carbocycles. The number of ketones is 1. The maximum absolute atomic E-state index is 14.0. The van der Waals surface area contributed by atoms with E-state index in [0.29, 0.717) is 29.3 Å². The predicted octanol–water partition coefficient (Wildman–Crippen LogP) is 7.21. The molecule has 0 atom stereocenters. The molecular formula is C38H40N4O4. The first-order valence-corrected chi connectivity index (χ1v) is 16.2. The van der Waals surface area contributed by atoms with Crippen LogP contribution >= 0.6 is 0 Å². The molecule has 3 aliphatic rings. The first-order chi connectivity index (χ1) is 22.3. The monoisotopic (exact) mass is 616 g/mol. The largest absolute Gasteiger partial charge is 0.506 e. The van der Waals surface area contributed by atoms with Crippen molar-refractivity contribution < 1.29 is 19.5 Å². The van der Waals surface area contributed by atoms with Crippen LogP contribution in [0, 0.1) is 5.92 Å². The molecule has 236 valence electrons. The van der Waals surface area contributed by atoms with E-state index in [1.54, 1.807) is 13.0 Å². The third kappa shape index (κ3) is 5.75. The van der Waals surface area contributed by atoms with Crippen molar-refractivity contribution in [3.8, 4) is 0 Å². The van der Waals surface area contributed by atoms with Crippen molar-refractivity contribution in [2.75, 3.05) is 23.3 Å². The number of allylic oxidation sites excluding steroid dienone is 2. The fourth-order valence-corrected chi connectivity index (χ4v) is 6.94. The van der Waals surface area contributed by atoms with E-state index in [1.807, 2.05) is 72.8 Å². The van der Waals surface area contributed by atoms with E-state index in [0.717, 1.165) is 55.6 Å². The number of carbonyl (C=O) groups excluding carboxylic acids is 3. The number of benzene rings is 3. The van der Waals surface area contributed by atoms with Crippen molar-refractivity contribution in [1.82, 2.24) is 5.01 Å². The molecule has 6 rings (SSSR count). The van der Waals surface area contributed by atoms with Crippen molar-refractivity contribution in [2.45, 2.75) is 58.9 Å². The lowest BCUT2D eigenvalue weighted by molar-refractivity contribution is -0.127. The summed E-state index contributed by atoms with van der Waals surface area (Å²) in [5, 5.41) is 20.5. The highest BCUT2D eigenvalue weighted by Crippen LogP contribution is 2.44. The van der Waals surface area contributed by atoms with Crippen molar-refractivity contribution >= 4 is 40.3 Å². The van der Waals surface area contributed by atoms with Crippen LogP contribution in [0.25, 0.3) is 5.57 Å². The summed E-state index contributed by atoms with van der Waals surface area (Å²) in [5.74, 6) is -0.908. The number of aliphatic hydroxyl groups excluding tert-OH is 1. The Morgan fingerprint density at radius 1 is 0.913 bits per heavy atom. The molecule has 0 unspecified atom stereocenters. The lowest BCUT2D eigenvalue weighted by Gasteiger charge is -2.28. The second-order valence-corrected chi connectivity index (χ2v) is 12.2. The molecule has 46 heavy (non-hydrogen) atoms. The molecule has 0 aromatic heterocycles. The number of hydrogen-bond acceptors (Lipinski definition) is 6. The number of aliphatic hydroxyl groups is 1. The van der Waals surface area contributed by atoms with Gasteiger partial charge in [-0.25, -0.2) is 5.01 Å². The Morgan fingerprint density at radius 3 is 2.09 bits per heavy atom. The van der Waals surface area contributed by atoms with Crippen molar-refractivity contribution in [3.05, 3.63) is 112 Å². The summed E-state index contributed by atoms with van der Waals surface area (Å²) >= 11 is 0. The summed E-state index contributed by atoms with van der Waals surface area (Å²) in [6.45, 7) is 7.35. The highest BCUT2D eigenvalue weighted by molar-refractivity contribution is 6.44. The third-order valence-corrected chi connectivity index (χ3v) is 9.32. The summed E-state index contributed by atoms with van der Waals surface area (Å²) in [5.41, 5.74) is 4.06. The smallest absolute Gasteiger partial charge is 0.277 e. The molecular weight excluding hydrogens is 576 g/mol. The number of hydrogen-bond donors (Lipinski definition) is 2. The second-order valence-electron chi connectivity index (χ2n) is 12.2. The van der Waals surface area contributed by atoms with Gasteiger partial charge in [0.05, 0.1) is 28.1 Å². The Labute approximate surface area is 270 Å². The van der Waals surface area contributed by atoms with Crippen LogP contribution in [0.2, 0.25) is 0 Å². The van der Waals surface area contributed by atoms with Gasteiger partial charge in [-0.1, -0.05) is 73.5 Å². The summed E-state index contributed by atoms with van der Waals surface area (Å²) < 4.78 is 0. The fourth-order valence-electron chi connectivity index (χ4n) is 6.94. The van der Waals surface area contributed by atoms with Gasteiger partial charge in [0, 0.05) is 30.8 Å². The molecule has 0 radical (unpaired) electrons. The lowest BCUT2D eigenvalue weighted by atomic mass is 9.79. The Bertz CT molecular complexity index is 1710. The van der Waals surface area contributed by atoms with E-state index in [4.69, 9.17) is 0 Å². The van der Waals surface area contributed by atoms with E-state index in [9.17, 15) is 19.5 Å². The topological polar surface area (TPSA) is 102 Å². The minimum atomic E-state index is -0.516. The second kappa shape index (κ2) is 13.2. The Balaban J connectivity index is 1.37. The molecule has 3 aromatic rings. The van der Waals surface area contributed by atoms with Crippen molar-refractivity contribution in [2.24, 2.45) is 11.0 Å². The van der Waals surface area contributed by atoms with Gasteiger partial charge in [0.1, 0.15) is 11.8 Å². The lowest BCUT2D eigenvalue weighted by Crippen LogP contribution is -2.32. The molecule has 0 spiro atoms. The molecule has 8 nitrogen and oxygen atoms in total. The van der Waals surface area contributed by atoms with Gasteiger partial charge in [-0.2, -0.15) is 5.10 Å². The predicted molar refractivity (Wildman–Crippen MR) is 181 cm³/mol. The van der Waals surface area contributed by atoms with Crippen LogP contribution in [0.4, 0.5) is 11.4 Å². The minimum absolute atomic E-state index is 0.0420. The molecule has 2 aliphatic carbocycles. The average Bonchev–Trinajstić information content (AvgIpc) is 3.67. The first-order valence-electron chi connectivity index (χ1n) is 16.2. The third-order valence-electron chi connectivity index (χ3n) is 9.32. The number of amides is 2. The number of rotatable bonds is 10. The normalized spacial score (nSPS) is 18.3. The molecule has 1 aliphatic heterocycles. The summed E-state index contributed by atoms with van der Waals surface area (Å²) in [6, 6.07) is 24.2. The van der Waals surface area contributed by atoms with Gasteiger partial charge in [0.15, 0.2) is 0 Å². The van der Waals surface area contributed by atoms with Crippen molar-refractivity contribution in [3.63, 3.8) is 0 Å². The maximum atomic E-state index is 14.0. The van der Waals surface area contributed by atoms with Crippen LogP contribution in [0.3, 0.4) is 0 Å². The fraction of sp³-hybridized carbons (Fsp3) is 0.316. The number of nitrogens with one attached hydrogen (secondary N) is 1. The molecule has 1 heterocycles. The molecule has 3 aromatic carbocycles. The van der Waals surface area contributed by atoms with Gasteiger partial charge in [-0.05, 0) is 68.9 Å². The van der Waals surface area contributed by atoms with E-state index in [1.165, 1.54) is 5.01 Å². The highest BCUT2D eigenvalue weighted by atomic mass is 16.3. The van der Waals surface area contributed by atoms with Crippen LogP contribution in [0.1, 0.15) is 75.6 Å². The van der Waals surface area contributed by atoms with Crippen LogP contribution < -0.4 is 10.2 Å². The van der Waals surface area contributed by atoms with Crippen LogP contribution in [0.15, 0.2) is 101 Å². The van der Waals surface area contributed by atoms with Gasteiger partial charge in [0.2, 0.25) is 11.7 Å². The summed E-state index contributed by atoms with van der Waals surface area (Å²) in [6.07, 6.45) is 4.80. The maximum Gasteiger partial charge on any atom is 0.277 e. The van der Waals surface area contributed by atoms with Crippen LogP contribution in [0.5, 0.6) is 0 Å². The van der Waals surface area contributed by atoms with Gasteiger partial charge in [-0.15, -0.1) is 0 Å². The zero-order chi connectivity index (χ0) is 32.4. The van der Waals surface area contributed by atoms with Gasteiger partial charge < -0.3 is 15.3 Å². The molecule has 8 heteroatoms. The zero-order valence-corrected chi connectivity index (χ0v) is 26.6. The summed E-state index contributed by atoms with van der Waals surface area (Å²) in [7, 11) is 0. The SMILES string of the molecule is CCN(CC)c1ccc(C2=C(O)/C(=C3/C(=O)N(C(c4ccccc4)c4ccccc4)N=C3C)C2=O)c(NC(=O)CC2CCCC2)c1. The molecule has 1 fully saturated rings. The first kappa shape index (κ1) is 31.0. The summed E-state index contributed by atoms with van der Waals surface area (Å²) in [4.78, 5) is 43.2. The Kier molecular flexibility index (Phi) is 8.88. The number of hydrazone groups is 1. The van der Waals surface area contributed by atoms with E-state index < -0.39 is 17.7 Å². The van der Waals surface area contributed by atoms with Crippen LogP contribution in [-0.2, 0) is 14.4 Å². The van der Waals surface area contributed by atoms with E-state index in [-0.39, 0.29) is 28.4 Å². The van der Waals surface area contributed by atoms with E-state index >= 15 is 0 Å².